The predicted molar refractivity (Wildman–Crippen MR) is 92.0 cm³/mol. The van der Waals surface area contributed by atoms with Crippen molar-refractivity contribution in [3.8, 4) is 11.4 Å². The van der Waals surface area contributed by atoms with Crippen LogP contribution in [0.25, 0.3) is 11.4 Å². The summed E-state index contributed by atoms with van der Waals surface area (Å²) < 4.78 is 5.09. The topological polar surface area (TPSA) is 101 Å². The van der Waals surface area contributed by atoms with Gasteiger partial charge < -0.3 is 15.2 Å². The number of rotatable bonds is 5. The minimum atomic E-state index is -1.15. The van der Waals surface area contributed by atoms with E-state index in [4.69, 9.17) is 4.74 Å². The molecule has 1 aromatic heterocycles. The minimum Gasteiger partial charge on any atom is -0.480 e. The van der Waals surface area contributed by atoms with Gasteiger partial charge in [-0.05, 0) is 26.3 Å². The summed E-state index contributed by atoms with van der Waals surface area (Å²) >= 11 is 0. The molecule has 2 rings (SSSR count). The van der Waals surface area contributed by atoms with Gasteiger partial charge in [0.05, 0.1) is 0 Å². The van der Waals surface area contributed by atoms with Crippen LogP contribution in [0, 0.1) is 0 Å². The van der Waals surface area contributed by atoms with Gasteiger partial charge in [-0.15, -0.1) is 0 Å². The quantitative estimate of drug-likeness (QED) is 0.865. The molecular formula is C18H21N3O4. The number of carbonyl (C=O) groups is 2. The lowest BCUT2D eigenvalue weighted by Gasteiger charge is -2.22. The first-order valence-corrected chi connectivity index (χ1v) is 7.83. The Morgan fingerprint density at radius 3 is 2.28 bits per heavy atom. The van der Waals surface area contributed by atoms with Crippen LogP contribution in [-0.2, 0) is 16.0 Å². The fourth-order valence-corrected chi connectivity index (χ4v) is 2.08. The van der Waals surface area contributed by atoms with Crippen LogP contribution < -0.4 is 5.32 Å². The second-order valence-corrected chi connectivity index (χ2v) is 6.52. The molecule has 0 saturated carbocycles. The molecule has 2 aromatic rings. The first-order chi connectivity index (χ1) is 11.7. The van der Waals surface area contributed by atoms with Gasteiger partial charge in [0.15, 0.2) is 5.82 Å². The molecule has 1 atom stereocenters. The fraction of sp³-hybridized carbons (Fsp3) is 0.333. The number of nitrogens with one attached hydrogen (secondary N) is 1. The van der Waals surface area contributed by atoms with Crippen LogP contribution in [0.4, 0.5) is 4.79 Å². The number of hydrogen-bond acceptors (Lipinski definition) is 5. The molecule has 0 unspecified atom stereocenters. The van der Waals surface area contributed by atoms with Gasteiger partial charge in [0.1, 0.15) is 11.6 Å². The summed E-state index contributed by atoms with van der Waals surface area (Å²) in [6, 6.07) is 8.33. The van der Waals surface area contributed by atoms with Crippen molar-refractivity contribution >= 4 is 12.1 Å². The molecule has 132 valence electrons. The third-order valence-corrected chi connectivity index (χ3v) is 3.17. The fourth-order valence-electron chi connectivity index (χ4n) is 2.08. The van der Waals surface area contributed by atoms with E-state index < -0.39 is 23.7 Å². The Balaban J connectivity index is 2.04. The average molecular weight is 343 g/mol. The Morgan fingerprint density at radius 2 is 1.76 bits per heavy atom. The van der Waals surface area contributed by atoms with E-state index in [1.165, 1.54) is 0 Å². The van der Waals surface area contributed by atoms with E-state index in [2.05, 4.69) is 15.3 Å². The highest BCUT2D eigenvalue weighted by Crippen LogP contribution is 2.14. The summed E-state index contributed by atoms with van der Waals surface area (Å²) in [5.74, 6) is -0.602. The number of amides is 1. The Kier molecular flexibility index (Phi) is 5.69. The lowest BCUT2D eigenvalue weighted by atomic mass is 10.1. The second kappa shape index (κ2) is 7.74. The number of ether oxygens (including phenoxy) is 1. The zero-order chi connectivity index (χ0) is 18.4. The van der Waals surface area contributed by atoms with Crippen LogP contribution in [0.1, 0.15) is 26.3 Å². The molecule has 2 N–H and O–H groups in total. The Labute approximate surface area is 146 Å². The smallest absolute Gasteiger partial charge is 0.408 e. The Morgan fingerprint density at radius 1 is 1.16 bits per heavy atom. The van der Waals surface area contributed by atoms with Gasteiger partial charge in [-0.25, -0.2) is 19.6 Å². The molecule has 0 saturated heterocycles. The lowest BCUT2D eigenvalue weighted by molar-refractivity contribution is -0.139. The zero-order valence-corrected chi connectivity index (χ0v) is 14.4. The Hall–Kier alpha value is -2.96. The highest BCUT2D eigenvalue weighted by atomic mass is 16.6. The van der Waals surface area contributed by atoms with Crippen molar-refractivity contribution in [1.29, 1.82) is 0 Å². The van der Waals surface area contributed by atoms with Gasteiger partial charge in [0.2, 0.25) is 0 Å². The predicted octanol–water partition coefficient (Wildman–Crippen LogP) is 2.66. The number of carbonyl (C=O) groups excluding carboxylic acids is 1. The first-order valence-electron chi connectivity index (χ1n) is 7.83. The van der Waals surface area contributed by atoms with E-state index in [0.29, 0.717) is 11.4 Å². The molecule has 25 heavy (non-hydrogen) atoms. The first kappa shape index (κ1) is 18.4. The molecular weight excluding hydrogens is 322 g/mol. The van der Waals surface area contributed by atoms with E-state index in [0.717, 1.165) is 5.56 Å². The van der Waals surface area contributed by atoms with Gasteiger partial charge in [-0.3, -0.25) is 0 Å². The number of carboxylic acid groups (broad SMARTS) is 1. The maximum absolute atomic E-state index is 11.8. The van der Waals surface area contributed by atoms with E-state index in [1.807, 2.05) is 30.3 Å². The third kappa shape index (κ3) is 5.87. The summed E-state index contributed by atoms with van der Waals surface area (Å²) in [5, 5.41) is 11.7. The number of hydrogen-bond donors (Lipinski definition) is 2. The average Bonchev–Trinajstić information content (AvgIpc) is 2.54. The standard InChI is InChI=1S/C18H21N3O4/c1-18(2,3)25-17(24)21-14(16(22)23)9-12-10-19-15(20-11-12)13-7-5-4-6-8-13/h4-8,10-11,14H,9H2,1-3H3,(H,21,24)(H,22,23)/t14-/m1/s1. The molecule has 0 fully saturated rings. The number of aromatic nitrogens is 2. The summed E-state index contributed by atoms with van der Waals surface area (Å²) in [6.07, 6.45) is 2.40. The van der Waals surface area contributed by atoms with Gasteiger partial charge >= 0.3 is 12.1 Å². The van der Waals surface area contributed by atoms with Crippen molar-refractivity contribution in [2.45, 2.75) is 38.8 Å². The zero-order valence-electron chi connectivity index (χ0n) is 14.4. The van der Waals surface area contributed by atoms with Crippen LogP contribution in [0.2, 0.25) is 0 Å². The van der Waals surface area contributed by atoms with Crippen LogP contribution in [-0.4, -0.2) is 38.8 Å². The summed E-state index contributed by atoms with van der Waals surface area (Å²) in [5.41, 5.74) is 0.770. The SMILES string of the molecule is CC(C)(C)OC(=O)N[C@H](Cc1cnc(-c2ccccc2)nc1)C(=O)O. The number of benzene rings is 1. The van der Waals surface area contributed by atoms with Crippen LogP contribution in [0.15, 0.2) is 42.7 Å². The van der Waals surface area contributed by atoms with Crippen molar-refractivity contribution in [1.82, 2.24) is 15.3 Å². The van der Waals surface area contributed by atoms with Crippen LogP contribution in [0.5, 0.6) is 0 Å². The molecule has 1 heterocycles. The third-order valence-electron chi connectivity index (χ3n) is 3.17. The van der Waals surface area contributed by atoms with Gasteiger partial charge in [0, 0.05) is 24.4 Å². The number of aliphatic carboxylic acids is 1. The van der Waals surface area contributed by atoms with Gasteiger partial charge in [-0.1, -0.05) is 30.3 Å². The Bertz CT molecular complexity index is 724. The van der Waals surface area contributed by atoms with E-state index in [9.17, 15) is 14.7 Å². The molecule has 0 aliphatic heterocycles. The number of alkyl carbamates (subject to hydrolysis) is 1. The van der Waals surface area contributed by atoms with E-state index >= 15 is 0 Å². The molecule has 7 nitrogen and oxygen atoms in total. The largest absolute Gasteiger partial charge is 0.480 e. The second-order valence-electron chi connectivity index (χ2n) is 6.52. The molecule has 0 radical (unpaired) electrons. The minimum absolute atomic E-state index is 0.0592. The highest BCUT2D eigenvalue weighted by Gasteiger charge is 2.24. The summed E-state index contributed by atoms with van der Waals surface area (Å²) in [4.78, 5) is 31.7. The molecule has 0 bridgehead atoms. The van der Waals surface area contributed by atoms with Crippen LogP contribution >= 0.6 is 0 Å². The molecule has 1 aromatic carbocycles. The summed E-state index contributed by atoms with van der Waals surface area (Å²) in [6.45, 7) is 5.12. The highest BCUT2D eigenvalue weighted by molar-refractivity contribution is 5.80. The molecule has 7 heteroatoms. The number of nitrogens with zero attached hydrogens (tertiary/aromatic N) is 2. The van der Waals surface area contributed by atoms with Crippen molar-refractivity contribution in [3.63, 3.8) is 0 Å². The maximum Gasteiger partial charge on any atom is 0.408 e. The van der Waals surface area contributed by atoms with Gasteiger partial charge in [0.25, 0.3) is 0 Å². The van der Waals surface area contributed by atoms with Crippen molar-refractivity contribution in [2.75, 3.05) is 0 Å². The molecule has 0 aliphatic rings. The molecule has 0 spiro atoms. The summed E-state index contributed by atoms with van der Waals surface area (Å²) in [7, 11) is 0. The van der Waals surface area contributed by atoms with Crippen LogP contribution in [0.3, 0.4) is 0 Å². The normalized spacial score (nSPS) is 12.3. The monoisotopic (exact) mass is 343 g/mol. The van der Waals surface area contributed by atoms with Crippen molar-refractivity contribution in [3.05, 3.63) is 48.3 Å². The maximum atomic E-state index is 11.8. The van der Waals surface area contributed by atoms with Crippen molar-refractivity contribution < 1.29 is 19.4 Å². The molecule has 1 amide bonds. The van der Waals surface area contributed by atoms with Crippen molar-refractivity contribution in [2.24, 2.45) is 0 Å². The van der Waals surface area contributed by atoms with E-state index in [-0.39, 0.29) is 6.42 Å². The molecule has 0 aliphatic carbocycles. The van der Waals surface area contributed by atoms with E-state index in [1.54, 1.807) is 33.2 Å². The number of carboxylic acids is 1. The lowest BCUT2D eigenvalue weighted by Crippen LogP contribution is -2.44. The van der Waals surface area contributed by atoms with Gasteiger partial charge in [-0.2, -0.15) is 0 Å².